The van der Waals surface area contributed by atoms with E-state index >= 15 is 0 Å². The molecule has 0 unspecified atom stereocenters. The lowest BCUT2D eigenvalue weighted by Gasteiger charge is -2.24. The molecule has 2 saturated heterocycles. The molecule has 0 radical (unpaired) electrons. The molecular weight excluding hydrogens is 316 g/mol. The van der Waals surface area contributed by atoms with Gasteiger partial charge in [-0.3, -0.25) is 13.9 Å². The summed E-state index contributed by atoms with van der Waals surface area (Å²) in [4.78, 5) is 21.0. The van der Waals surface area contributed by atoms with Crippen LogP contribution >= 0.6 is 0 Å². The highest BCUT2D eigenvalue weighted by atomic mass is 16.8. The Labute approximate surface area is 137 Å². The SMILES string of the molecule is Cc1nc2c(ncn2[C@@H]2O[C@H](CO)[C@H]3OC(C)(C)O[C@H]32)c(=O)n1C. The normalized spacial score (nSPS) is 31.7. The van der Waals surface area contributed by atoms with E-state index in [1.165, 1.54) is 10.9 Å². The van der Waals surface area contributed by atoms with Crippen LogP contribution in [0.4, 0.5) is 0 Å². The fraction of sp³-hybridized carbons (Fsp3) is 0.667. The van der Waals surface area contributed by atoms with Crippen molar-refractivity contribution in [1.29, 1.82) is 0 Å². The molecule has 0 bridgehead atoms. The number of aliphatic hydroxyl groups is 1. The number of rotatable bonds is 2. The Kier molecular flexibility index (Phi) is 3.33. The number of ether oxygens (including phenoxy) is 3. The summed E-state index contributed by atoms with van der Waals surface area (Å²) in [7, 11) is 1.66. The van der Waals surface area contributed by atoms with Gasteiger partial charge in [-0.2, -0.15) is 0 Å². The molecule has 2 aromatic heterocycles. The fourth-order valence-corrected chi connectivity index (χ4v) is 3.37. The first-order chi connectivity index (χ1) is 11.3. The van der Waals surface area contributed by atoms with E-state index in [4.69, 9.17) is 14.2 Å². The molecule has 9 heteroatoms. The molecule has 0 aromatic carbocycles. The zero-order valence-electron chi connectivity index (χ0n) is 14.0. The third kappa shape index (κ3) is 2.12. The van der Waals surface area contributed by atoms with Crippen LogP contribution in [0.3, 0.4) is 0 Å². The Bertz CT molecular complexity index is 857. The van der Waals surface area contributed by atoms with Crippen LogP contribution in [-0.4, -0.2) is 54.9 Å². The second-order valence-electron chi connectivity index (χ2n) is 6.66. The first kappa shape index (κ1) is 15.7. The van der Waals surface area contributed by atoms with Crippen LogP contribution in [0.15, 0.2) is 11.1 Å². The molecule has 0 saturated carbocycles. The highest BCUT2D eigenvalue weighted by Gasteiger charge is 2.56. The minimum Gasteiger partial charge on any atom is -0.394 e. The Hall–Kier alpha value is -1.81. The molecule has 2 aromatic rings. The maximum Gasteiger partial charge on any atom is 0.281 e. The minimum atomic E-state index is -0.763. The molecular formula is C15H20N4O5. The third-order valence-electron chi connectivity index (χ3n) is 4.61. The number of hydrogen-bond acceptors (Lipinski definition) is 7. The quantitative estimate of drug-likeness (QED) is 0.814. The lowest BCUT2D eigenvalue weighted by Crippen LogP contribution is -2.31. The first-order valence-corrected chi connectivity index (χ1v) is 7.84. The number of nitrogens with zero attached hydrogens (tertiary/aromatic N) is 4. The van der Waals surface area contributed by atoms with E-state index in [0.717, 1.165) is 0 Å². The van der Waals surface area contributed by atoms with Crippen molar-refractivity contribution in [1.82, 2.24) is 19.1 Å². The lowest BCUT2D eigenvalue weighted by molar-refractivity contribution is -0.199. The van der Waals surface area contributed by atoms with Crippen molar-refractivity contribution in [3.05, 3.63) is 22.5 Å². The van der Waals surface area contributed by atoms with Gasteiger partial charge >= 0.3 is 0 Å². The summed E-state index contributed by atoms with van der Waals surface area (Å²) in [5.74, 6) is -0.188. The predicted molar refractivity (Wildman–Crippen MR) is 82.3 cm³/mol. The van der Waals surface area contributed by atoms with E-state index in [0.29, 0.717) is 11.5 Å². The zero-order chi connectivity index (χ0) is 17.2. The van der Waals surface area contributed by atoms with Gasteiger partial charge in [0.1, 0.15) is 24.1 Å². The highest BCUT2D eigenvalue weighted by Crippen LogP contribution is 2.43. The van der Waals surface area contributed by atoms with Crippen LogP contribution < -0.4 is 5.56 Å². The van der Waals surface area contributed by atoms with Crippen LogP contribution in [-0.2, 0) is 21.3 Å². The van der Waals surface area contributed by atoms with Gasteiger partial charge in [0.15, 0.2) is 23.2 Å². The number of aryl methyl sites for hydroxylation is 1. The van der Waals surface area contributed by atoms with Gasteiger partial charge in [0, 0.05) is 7.05 Å². The van der Waals surface area contributed by atoms with Gasteiger partial charge in [-0.25, -0.2) is 9.97 Å². The van der Waals surface area contributed by atoms with Crippen molar-refractivity contribution < 1.29 is 19.3 Å². The molecule has 2 aliphatic rings. The maximum atomic E-state index is 12.3. The molecule has 0 spiro atoms. The first-order valence-electron chi connectivity index (χ1n) is 7.84. The van der Waals surface area contributed by atoms with Gasteiger partial charge in [0.05, 0.1) is 12.9 Å². The van der Waals surface area contributed by atoms with Gasteiger partial charge in [-0.05, 0) is 20.8 Å². The summed E-state index contributed by atoms with van der Waals surface area (Å²) in [6, 6.07) is 0. The second-order valence-corrected chi connectivity index (χ2v) is 6.66. The topological polar surface area (TPSA) is 101 Å². The highest BCUT2D eigenvalue weighted by molar-refractivity contribution is 5.69. The summed E-state index contributed by atoms with van der Waals surface area (Å²) >= 11 is 0. The van der Waals surface area contributed by atoms with E-state index in [1.54, 1.807) is 18.5 Å². The molecule has 4 rings (SSSR count). The van der Waals surface area contributed by atoms with Crippen molar-refractivity contribution in [3.8, 4) is 0 Å². The van der Waals surface area contributed by atoms with Gasteiger partial charge in [-0.15, -0.1) is 0 Å². The van der Waals surface area contributed by atoms with E-state index in [2.05, 4.69) is 9.97 Å². The zero-order valence-corrected chi connectivity index (χ0v) is 14.0. The summed E-state index contributed by atoms with van der Waals surface area (Å²) in [5, 5.41) is 9.58. The van der Waals surface area contributed by atoms with Gasteiger partial charge in [0.25, 0.3) is 5.56 Å². The average Bonchev–Trinajstić information content (AvgIpc) is 3.15. The Morgan fingerprint density at radius 1 is 1.33 bits per heavy atom. The molecule has 4 atom stereocenters. The summed E-state index contributed by atoms with van der Waals surface area (Å²) in [5.41, 5.74) is 0.494. The van der Waals surface area contributed by atoms with E-state index in [-0.39, 0.29) is 23.8 Å². The van der Waals surface area contributed by atoms with Crippen LogP contribution in [0.1, 0.15) is 25.9 Å². The monoisotopic (exact) mass is 336 g/mol. The van der Waals surface area contributed by atoms with Crippen molar-refractivity contribution in [3.63, 3.8) is 0 Å². The third-order valence-corrected chi connectivity index (χ3v) is 4.61. The van der Waals surface area contributed by atoms with E-state index in [1.807, 2.05) is 13.8 Å². The van der Waals surface area contributed by atoms with Gasteiger partial charge < -0.3 is 19.3 Å². The van der Waals surface area contributed by atoms with Crippen molar-refractivity contribution in [2.24, 2.45) is 7.05 Å². The summed E-state index contributed by atoms with van der Waals surface area (Å²) in [6.07, 6.45) is -0.361. The number of fused-ring (bicyclic) bond motifs is 2. The Morgan fingerprint density at radius 3 is 2.75 bits per heavy atom. The number of imidazole rings is 1. The predicted octanol–water partition coefficient (Wildman–Crippen LogP) is -0.152. The average molecular weight is 336 g/mol. The molecule has 9 nitrogen and oxygen atoms in total. The number of aliphatic hydroxyl groups excluding tert-OH is 1. The van der Waals surface area contributed by atoms with Gasteiger partial charge in [-0.1, -0.05) is 0 Å². The van der Waals surface area contributed by atoms with Crippen molar-refractivity contribution in [2.75, 3.05) is 6.61 Å². The fourth-order valence-electron chi connectivity index (χ4n) is 3.37. The molecule has 24 heavy (non-hydrogen) atoms. The molecule has 2 aliphatic heterocycles. The molecule has 0 aliphatic carbocycles. The van der Waals surface area contributed by atoms with Crippen LogP contribution in [0.2, 0.25) is 0 Å². The summed E-state index contributed by atoms with van der Waals surface area (Å²) < 4.78 is 20.9. The molecule has 2 fully saturated rings. The standard InChI is InChI=1S/C15H20N4O5/c1-7-17-12-9(13(21)18(7)4)16-6-19(12)14-11-10(8(5-20)22-14)23-15(2,3)24-11/h6,8,10-11,14,20H,5H2,1-4H3/t8-,10-,11-,14-/m1/s1. The van der Waals surface area contributed by atoms with E-state index < -0.39 is 24.2 Å². The molecule has 0 amide bonds. The number of hydrogen-bond donors (Lipinski definition) is 1. The van der Waals surface area contributed by atoms with E-state index in [9.17, 15) is 9.90 Å². The summed E-state index contributed by atoms with van der Waals surface area (Å²) in [6.45, 7) is 5.21. The van der Waals surface area contributed by atoms with Crippen molar-refractivity contribution >= 4 is 11.2 Å². The second kappa shape index (κ2) is 5.09. The maximum absolute atomic E-state index is 12.3. The van der Waals surface area contributed by atoms with Crippen LogP contribution in [0.25, 0.3) is 11.2 Å². The Balaban J connectivity index is 1.82. The van der Waals surface area contributed by atoms with Crippen LogP contribution in [0.5, 0.6) is 0 Å². The Morgan fingerprint density at radius 2 is 2.04 bits per heavy atom. The minimum absolute atomic E-state index is 0.183. The molecule has 1 N–H and O–H groups in total. The number of aromatic nitrogens is 4. The lowest BCUT2D eigenvalue weighted by atomic mass is 10.1. The van der Waals surface area contributed by atoms with Crippen molar-refractivity contribution in [2.45, 2.75) is 51.1 Å². The van der Waals surface area contributed by atoms with Gasteiger partial charge in [0.2, 0.25) is 0 Å². The smallest absolute Gasteiger partial charge is 0.281 e. The van der Waals surface area contributed by atoms with Crippen LogP contribution in [0, 0.1) is 6.92 Å². The largest absolute Gasteiger partial charge is 0.394 e. The molecule has 4 heterocycles. The molecule has 130 valence electrons.